The zero-order valence-corrected chi connectivity index (χ0v) is 17.6. The zero-order chi connectivity index (χ0) is 22.8. The molecule has 0 aliphatic heterocycles. The highest BCUT2D eigenvalue weighted by atomic mass is 19.2. The number of aromatic amines is 1. The van der Waals surface area contributed by atoms with Crippen LogP contribution in [-0.2, 0) is 13.0 Å². The molecule has 5 aromatic rings. The fraction of sp³-hybridized carbons (Fsp3) is 0.0741. The molecular formula is C27H19F2N4+. The average Bonchev–Trinajstić information content (AvgIpc) is 3.25. The summed E-state index contributed by atoms with van der Waals surface area (Å²) >= 11 is 0. The van der Waals surface area contributed by atoms with Gasteiger partial charge >= 0.3 is 0 Å². The Bertz CT molecular complexity index is 1480. The topological polar surface area (TPSA) is 56.4 Å². The van der Waals surface area contributed by atoms with Crippen LogP contribution >= 0.6 is 0 Å². The lowest BCUT2D eigenvalue weighted by Gasteiger charge is -2.04. The van der Waals surface area contributed by atoms with Gasteiger partial charge in [-0.25, -0.2) is 13.8 Å². The van der Waals surface area contributed by atoms with Crippen LogP contribution in [-0.4, -0.2) is 9.97 Å². The summed E-state index contributed by atoms with van der Waals surface area (Å²) in [6.45, 7) is 0.653. The Hall–Kier alpha value is -4.37. The molecule has 0 saturated heterocycles. The second kappa shape index (κ2) is 8.64. The Morgan fingerprint density at radius 1 is 0.879 bits per heavy atom. The van der Waals surface area contributed by atoms with Crippen molar-refractivity contribution in [3.8, 4) is 28.6 Å². The van der Waals surface area contributed by atoms with Gasteiger partial charge in [-0.15, -0.1) is 0 Å². The van der Waals surface area contributed by atoms with Crippen molar-refractivity contribution in [3.05, 3.63) is 108 Å². The van der Waals surface area contributed by atoms with Crippen LogP contribution in [0.5, 0.6) is 0 Å². The molecule has 1 N–H and O–H groups in total. The maximum atomic E-state index is 14.1. The summed E-state index contributed by atoms with van der Waals surface area (Å²) in [5.74, 6) is -1.52. The molecule has 2 heterocycles. The van der Waals surface area contributed by atoms with E-state index in [0.29, 0.717) is 24.3 Å². The van der Waals surface area contributed by atoms with Crippen molar-refractivity contribution >= 4 is 11.0 Å². The van der Waals surface area contributed by atoms with Crippen LogP contribution in [0.15, 0.2) is 85.2 Å². The molecule has 0 radical (unpaired) electrons. The van der Waals surface area contributed by atoms with E-state index in [1.54, 1.807) is 0 Å². The Balaban J connectivity index is 1.36. The maximum absolute atomic E-state index is 14.1. The lowest BCUT2D eigenvalue weighted by molar-refractivity contribution is -0.687. The van der Waals surface area contributed by atoms with E-state index in [1.165, 1.54) is 12.1 Å². The first kappa shape index (κ1) is 20.5. The maximum Gasteiger partial charge on any atom is 0.195 e. The minimum atomic E-state index is -0.913. The third kappa shape index (κ3) is 4.21. The van der Waals surface area contributed by atoms with Gasteiger partial charge < -0.3 is 4.98 Å². The number of imidazole rings is 1. The summed E-state index contributed by atoms with van der Waals surface area (Å²) < 4.78 is 29.7. The van der Waals surface area contributed by atoms with Crippen molar-refractivity contribution in [2.45, 2.75) is 13.0 Å². The van der Waals surface area contributed by atoms with Crippen molar-refractivity contribution in [2.75, 3.05) is 0 Å². The highest BCUT2D eigenvalue weighted by Gasteiger charge is 2.15. The van der Waals surface area contributed by atoms with Crippen LogP contribution in [0.2, 0.25) is 0 Å². The van der Waals surface area contributed by atoms with Crippen LogP contribution in [0.25, 0.3) is 33.5 Å². The number of pyridine rings is 1. The number of nitriles is 1. The summed E-state index contributed by atoms with van der Waals surface area (Å²) in [7, 11) is 0. The van der Waals surface area contributed by atoms with Crippen LogP contribution in [0.1, 0.15) is 11.1 Å². The van der Waals surface area contributed by atoms with Gasteiger partial charge in [0.2, 0.25) is 0 Å². The SMILES string of the molecule is N#CCc1ccc(-c2ccc(C[n+]3ccc4nc(-c5cccc(F)c5F)[nH]c4c3)cc2)cc1. The van der Waals surface area contributed by atoms with E-state index < -0.39 is 11.6 Å². The lowest BCUT2D eigenvalue weighted by Crippen LogP contribution is -2.33. The molecule has 6 heteroatoms. The number of hydrogen-bond donors (Lipinski definition) is 1. The Morgan fingerprint density at radius 3 is 2.27 bits per heavy atom. The summed E-state index contributed by atoms with van der Waals surface area (Å²) in [4.78, 5) is 7.49. The summed E-state index contributed by atoms with van der Waals surface area (Å²) in [6.07, 6.45) is 4.23. The van der Waals surface area contributed by atoms with Crippen molar-refractivity contribution in [3.63, 3.8) is 0 Å². The second-order valence-corrected chi connectivity index (χ2v) is 7.83. The quantitative estimate of drug-likeness (QED) is 0.365. The molecule has 0 bridgehead atoms. The third-order valence-electron chi connectivity index (χ3n) is 5.58. The molecule has 0 aliphatic rings. The number of fused-ring (bicyclic) bond motifs is 1. The van der Waals surface area contributed by atoms with Crippen molar-refractivity contribution in [1.29, 1.82) is 5.26 Å². The number of aromatic nitrogens is 3. The second-order valence-electron chi connectivity index (χ2n) is 7.83. The lowest BCUT2D eigenvalue weighted by atomic mass is 10.0. The number of benzene rings is 3. The first-order valence-electron chi connectivity index (χ1n) is 10.5. The zero-order valence-electron chi connectivity index (χ0n) is 17.6. The Labute approximate surface area is 189 Å². The van der Waals surface area contributed by atoms with Crippen molar-refractivity contribution in [2.24, 2.45) is 0 Å². The van der Waals surface area contributed by atoms with Gasteiger partial charge in [-0.2, -0.15) is 9.83 Å². The standard InChI is InChI=1S/C27H18F2N4/c28-23-3-1-2-22(26(23)29)27-31-24-13-15-33(17-25(24)32-27)16-19-6-10-21(11-7-19)20-8-4-18(5-9-20)12-14-30/h1-11,13,15,17H,12,16H2/p+1. The van der Waals surface area contributed by atoms with E-state index in [1.807, 2.05) is 47.3 Å². The van der Waals surface area contributed by atoms with E-state index in [4.69, 9.17) is 5.26 Å². The monoisotopic (exact) mass is 437 g/mol. The number of hydrogen-bond acceptors (Lipinski definition) is 2. The van der Waals surface area contributed by atoms with Crippen molar-refractivity contribution in [1.82, 2.24) is 9.97 Å². The smallest absolute Gasteiger partial charge is 0.195 e. The minimum Gasteiger partial charge on any atom is -0.333 e. The molecule has 5 rings (SSSR count). The average molecular weight is 437 g/mol. The summed E-state index contributed by atoms with van der Waals surface area (Å²) in [5, 5.41) is 8.80. The van der Waals surface area contributed by atoms with E-state index in [-0.39, 0.29) is 5.56 Å². The molecule has 3 aromatic carbocycles. The van der Waals surface area contributed by atoms with Crippen molar-refractivity contribution < 1.29 is 13.3 Å². The molecule has 0 aliphatic carbocycles. The van der Waals surface area contributed by atoms with E-state index >= 15 is 0 Å². The Morgan fingerprint density at radius 2 is 1.58 bits per heavy atom. The number of nitrogens with one attached hydrogen (secondary N) is 1. The fourth-order valence-corrected chi connectivity index (χ4v) is 3.83. The number of nitrogens with zero attached hydrogens (tertiary/aromatic N) is 3. The highest BCUT2D eigenvalue weighted by molar-refractivity contribution is 5.77. The van der Waals surface area contributed by atoms with Crippen LogP contribution in [0, 0.1) is 23.0 Å². The third-order valence-corrected chi connectivity index (χ3v) is 5.58. The molecule has 33 heavy (non-hydrogen) atoms. The molecule has 160 valence electrons. The van der Waals surface area contributed by atoms with Gasteiger partial charge in [0.1, 0.15) is 16.9 Å². The predicted octanol–water partition coefficient (Wildman–Crippen LogP) is 5.58. The first-order chi connectivity index (χ1) is 16.1. The molecule has 0 spiro atoms. The van der Waals surface area contributed by atoms with Gasteiger partial charge in [-0.1, -0.05) is 54.6 Å². The number of halogens is 2. The Kier molecular flexibility index (Phi) is 5.37. The van der Waals surface area contributed by atoms with Gasteiger partial charge in [0, 0.05) is 11.6 Å². The molecule has 0 amide bonds. The highest BCUT2D eigenvalue weighted by Crippen LogP contribution is 2.24. The predicted molar refractivity (Wildman–Crippen MR) is 122 cm³/mol. The molecule has 4 nitrogen and oxygen atoms in total. The normalized spacial score (nSPS) is 10.9. The largest absolute Gasteiger partial charge is 0.333 e. The summed E-state index contributed by atoms with van der Waals surface area (Å²) in [6, 6.07) is 24.4. The molecule has 0 saturated carbocycles. The van der Waals surface area contributed by atoms with Gasteiger partial charge in [-0.05, 0) is 28.8 Å². The minimum absolute atomic E-state index is 0.106. The van der Waals surface area contributed by atoms with E-state index in [0.717, 1.165) is 33.8 Å². The number of rotatable bonds is 5. The van der Waals surface area contributed by atoms with E-state index in [2.05, 4.69) is 40.3 Å². The van der Waals surface area contributed by atoms with Crippen LogP contribution in [0.4, 0.5) is 8.78 Å². The van der Waals surface area contributed by atoms with Gasteiger partial charge in [0.05, 0.1) is 18.1 Å². The summed E-state index contributed by atoms with van der Waals surface area (Å²) in [5.41, 5.74) is 5.87. The van der Waals surface area contributed by atoms with Gasteiger partial charge in [-0.3, -0.25) is 0 Å². The fourth-order valence-electron chi connectivity index (χ4n) is 3.83. The van der Waals surface area contributed by atoms with Crippen LogP contribution < -0.4 is 4.57 Å². The van der Waals surface area contributed by atoms with Gasteiger partial charge in [0.15, 0.2) is 30.6 Å². The number of H-pyrrole nitrogens is 1. The first-order valence-corrected chi connectivity index (χ1v) is 10.5. The molecule has 0 atom stereocenters. The molecule has 0 unspecified atom stereocenters. The molecular weight excluding hydrogens is 418 g/mol. The van der Waals surface area contributed by atoms with Gasteiger partial charge in [0.25, 0.3) is 0 Å². The van der Waals surface area contributed by atoms with E-state index in [9.17, 15) is 8.78 Å². The molecule has 0 fully saturated rings. The molecule has 2 aromatic heterocycles. The van der Waals surface area contributed by atoms with Crippen LogP contribution in [0.3, 0.4) is 0 Å².